The van der Waals surface area contributed by atoms with Gasteiger partial charge in [-0.1, -0.05) is 71.9 Å². The van der Waals surface area contributed by atoms with Gasteiger partial charge in [-0.05, 0) is 42.7 Å². The summed E-state index contributed by atoms with van der Waals surface area (Å²) >= 11 is 0. The van der Waals surface area contributed by atoms with Gasteiger partial charge >= 0.3 is 12.1 Å². The highest BCUT2D eigenvalue weighted by atomic mass is 16.6. The van der Waals surface area contributed by atoms with E-state index < -0.39 is 18.2 Å². The van der Waals surface area contributed by atoms with E-state index in [1.165, 1.54) is 12.5 Å². The molecule has 40 heavy (non-hydrogen) atoms. The van der Waals surface area contributed by atoms with Gasteiger partial charge in [0, 0.05) is 11.8 Å². The summed E-state index contributed by atoms with van der Waals surface area (Å²) in [6, 6.07) is 24.2. The van der Waals surface area contributed by atoms with Crippen molar-refractivity contribution in [1.29, 1.82) is 0 Å². The fourth-order valence-electron chi connectivity index (χ4n) is 3.99. The number of ether oxygens (including phenoxy) is 2. The van der Waals surface area contributed by atoms with Crippen LogP contribution in [0.5, 0.6) is 11.6 Å². The highest BCUT2D eigenvalue weighted by Gasteiger charge is 2.20. The zero-order valence-corrected chi connectivity index (χ0v) is 21.6. The van der Waals surface area contributed by atoms with E-state index in [0.29, 0.717) is 22.9 Å². The standard InChI is InChI=1S/C30H24N4O6/c1-18-26(33-30(37)38-19(2)20-6-4-3-5-7-20)27(40-34-18)23-10-8-21(9-11-23)22-12-14-24(15-13-22)39-28-25(29(35)36)16-31-17-32-28/h3-17,19H,1-2H3,(H,33,37)(H,35,36)/t19-/m1/s1. The molecule has 2 N–H and O–H groups in total. The molecule has 2 heterocycles. The van der Waals surface area contributed by atoms with Crippen LogP contribution in [0.2, 0.25) is 0 Å². The van der Waals surface area contributed by atoms with Crippen molar-refractivity contribution in [3.63, 3.8) is 0 Å². The number of carboxylic acid groups (broad SMARTS) is 1. The number of carbonyl (C=O) groups excluding carboxylic acids is 1. The lowest BCUT2D eigenvalue weighted by atomic mass is 10.0. The summed E-state index contributed by atoms with van der Waals surface area (Å²) < 4.78 is 16.7. The quantitative estimate of drug-likeness (QED) is 0.217. The third-order valence-corrected chi connectivity index (χ3v) is 6.10. The van der Waals surface area contributed by atoms with E-state index in [1.807, 2.05) is 66.7 Å². The second-order valence-corrected chi connectivity index (χ2v) is 8.81. The van der Waals surface area contributed by atoms with E-state index in [2.05, 4.69) is 20.4 Å². The van der Waals surface area contributed by atoms with E-state index in [9.17, 15) is 14.7 Å². The van der Waals surface area contributed by atoms with Gasteiger partial charge < -0.3 is 19.1 Å². The van der Waals surface area contributed by atoms with Crippen molar-refractivity contribution < 1.29 is 28.7 Å². The van der Waals surface area contributed by atoms with Crippen LogP contribution in [0.4, 0.5) is 10.5 Å². The molecule has 1 atom stereocenters. The minimum atomic E-state index is -1.17. The second-order valence-electron chi connectivity index (χ2n) is 8.81. The van der Waals surface area contributed by atoms with Gasteiger partial charge in [-0.2, -0.15) is 0 Å². The van der Waals surface area contributed by atoms with Gasteiger partial charge in [-0.15, -0.1) is 0 Å². The smallest absolute Gasteiger partial charge is 0.412 e. The first-order chi connectivity index (χ1) is 19.4. The van der Waals surface area contributed by atoms with Crippen molar-refractivity contribution in [2.75, 3.05) is 5.32 Å². The van der Waals surface area contributed by atoms with Crippen molar-refractivity contribution in [3.05, 3.63) is 108 Å². The van der Waals surface area contributed by atoms with Gasteiger partial charge in [0.2, 0.25) is 5.88 Å². The number of nitrogens with zero attached hydrogens (tertiary/aromatic N) is 3. The lowest BCUT2D eigenvalue weighted by Gasteiger charge is -2.14. The molecule has 0 fully saturated rings. The molecule has 3 aromatic carbocycles. The topological polar surface area (TPSA) is 137 Å². The normalized spacial score (nSPS) is 11.4. The average Bonchev–Trinajstić information content (AvgIpc) is 3.33. The summed E-state index contributed by atoms with van der Waals surface area (Å²) in [5, 5.41) is 16.1. The van der Waals surface area contributed by atoms with Crippen LogP contribution in [0.25, 0.3) is 22.5 Å². The van der Waals surface area contributed by atoms with E-state index >= 15 is 0 Å². The molecule has 0 bridgehead atoms. The van der Waals surface area contributed by atoms with E-state index in [-0.39, 0.29) is 11.4 Å². The van der Waals surface area contributed by atoms with Gasteiger partial charge in [-0.25, -0.2) is 19.6 Å². The molecule has 0 aliphatic heterocycles. The van der Waals surface area contributed by atoms with Gasteiger partial charge in [0.05, 0.1) is 0 Å². The van der Waals surface area contributed by atoms with Gasteiger partial charge in [0.15, 0.2) is 5.76 Å². The van der Waals surface area contributed by atoms with Crippen LogP contribution in [0.3, 0.4) is 0 Å². The van der Waals surface area contributed by atoms with E-state index in [0.717, 1.165) is 22.3 Å². The predicted molar refractivity (Wildman–Crippen MR) is 146 cm³/mol. The lowest BCUT2D eigenvalue weighted by Crippen LogP contribution is -2.16. The van der Waals surface area contributed by atoms with E-state index in [4.69, 9.17) is 14.0 Å². The number of carbonyl (C=O) groups is 2. The first kappa shape index (κ1) is 26.1. The summed E-state index contributed by atoms with van der Waals surface area (Å²) in [6.07, 6.45) is 1.37. The zero-order valence-electron chi connectivity index (χ0n) is 21.6. The molecular weight excluding hydrogens is 512 g/mol. The maximum atomic E-state index is 12.6. The first-order valence-corrected chi connectivity index (χ1v) is 12.3. The van der Waals surface area contributed by atoms with Crippen molar-refractivity contribution in [3.8, 4) is 34.1 Å². The minimum Gasteiger partial charge on any atom is -0.477 e. The largest absolute Gasteiger partial charge is 0.477 e. The Kier molecular flexibility index (Phi) is 7.49. The first-order valence-electron chi connectivity index (χ1n) is 12.3. The molecule has 10 heteroatoms. The van der Waals surface area contributed by atoms with Crippen LogP contribution in [0.1, 0.15) is 34.6 Å². The molecule has 200 valence electrons. The number of rotatable bonds is 8. The van der Waals surface area contributed by atoms with Crippen LogP contribution < -0.4 is 10.1 Å². The number of benzene rings is 3. The van der Waals surface area contributed by atoms with Crippen LogP contribution >= 0.6 is 0 Å². The fourth-order valence-corrected chi connectivity index (χ4v) is 3.99. The molecule has 0 saturated heterocycles. The number of anilines is 1. The van der Waals surface area contributed by atoms with Crippen LogP contribution in [0, 0.1) is 6.92 Å². The highest BCUT2D eigenvalue weighted by Crippen LogP contribution is 2.33. The molecule has 5 rings (SSSR count). The molecular formula is C30H24N4O6. The number of aromatic carboxylic acids is 1. The molecule has 10 nitrogen and oxygen atoms in total. The molecule has 0 unspecified atom stereocenters. The van der Waals surface area contributed by atoms with E-state index in [1.54, 1.807) is 26.0 Å². The second kappa shape index (κ2) is 11.5. The molecule has 0 aliphatic rings. The number of carboxylic acids is 1. The third kappa shape index (κ3) is 5.81. The molecule has 1 amide bonds. The Morgan fingerprint density at radius 3 is 2.25 bits per heavy atom. The van der Waals surface area contributed by atoms with Gasteiger partial charge in [0.1, 0.15) is 35.1 Å². The maximum absolute atomic E-state index is 12.6. The molecule has 0 spiro atoms. The Labute approximate surface area is 229 Å². The van der Waals surface area contributed by atoms with Crippen molar-refractivity contribution >= 4 is 17.7 Å². The summed E-state index contributed by atoms with van der Waals surface area (Å²) in [5.74, 6) is -0.366. The number of aryl methyl sites for hydroxylation is 1. The Hall–Kier alpha value is -5.51. The fraction of sp³-hybridized carbons (Fsp3) is 0.100. The number of hydrogen-bond donors (Lipinski definition) is 2. The average molecular weight is 537 g/mol. The number of amides is 1. The molecule has 0 aliphatic carbocycles. The van der Waals surface area contributed by atoms with Crippen LogP contribution in [-0.2, 0) is 4.74 Å². The Morgan fingerprint density at radius 2 is 1.57 bits per heavy atom. The SMILES string of the molecule is Cc1noc(-c2ccc(-c3ccc(Oc4ncncc4C(=O)O)cc3)cc2)c1NC(=O)O[C@H](C)c1ccccc1. The highest BCUT2D eigenvalue weighted by molar-refractivity contribution is 5.91. The predicted octanol–water partition coefficient (Wildman–Crippen LogP) is 6.91. The monoisotopic (exact) mass is 536 g/mol. The third-order valence-electron chi connectivity index (χ3n) is 6.10. The maximum Gasteiger partial charge on any atom is 0.412 e. The minimum absolute atomic E-state index is 0.0372. The van der Waals surface area contributed by atoms with Crippen molar-refractivity contribution in [2.45, 2.75) is 20.0 Å². The Morgan fingerprint density at radius 1 is 0.925 bits per heavy atom. The number of nitrogens with one attached hydrogen (secondary N) is 1. The Bertz CT molecular complexity index is 1630. The van der Waals surface area contributed by atoms with Crippen LogP contribution in [-0.4, -0.2) is 32.3 Å². The zero-order chi connectivity index (χ0) is 28.1. The summed E-state index contributed by atoms with van der Waals surface area (Å²) in [6.45, 7) is 3.54. The summed E-state index contributed by atoms with van der Waals surface area (Å²) in [7, 11) is 0. The lowest BCUT2D eigenvalue weighted by molar-refractivity contribution is 0.0692. The molecule has 2 aromatic heterocycles. The van der Waals surface area contributed by atoms with Gasteiger partial charge in [-0.3, -0.25) is 5.32 Å². The Balaban J connectivity index is 1.28. The van der Waals surface area contributed by atoms with Crippen molar-refractivity contribution in [2.24, 2.45) is 0 Å². The number of aromatic nitrogens is 3. The number of hydrogen-bond acceptors (Lipinski definition) is 8. The summed E-state index contributed by atoms with van der Waals surface area (Å²) in [4.78, 5) is 31.6. The molecule has 0 saturated carbocycles. The van der Waals surface area contributed by atoms with Crippen molar-refractivity contribution in [1.82, 2.24) is 15.1 Å². The summed E-state index contributed by atoms with van der Waals surface area (Å²) in [5.41, 5.74) is 4.27. The molecule has 0 radical (unpaired) electrons. The molecule has 5 aromatic rings. The van der Waals surface area contributed by atoms with Crippen LogP contribution in [0.15, 0.2) is 95.9 Å². The van der Waals surface area contributed by atoms with Gasteiger partial charge in [0.25, 0.3) is 0 Å².